The maximum atomic E-state index is 9.78. The fourth-order valence-electron chi connectivity index (χ4n) is 1.36. The van der Waals surface area contributed by atoms with Crippen molar-refractivity contribution >= 4 is 0 Å². The van der Waals surface area contributed by atoms with Crippen molar-refractivity contribution in [1.29, 1.82) is 0 Å². The van der Waals surface area contributed by atoms with Gasteiger partial charge in [-0.2, -0.15) is 0 Å². The summed E-state index contributed by atoms with van der Waals surface area (Å²) in [5, 5.41) is 12.8. The summed E-state index contributed by atoms with van der Waals surface area (Å²) in [6.45, 7) is 7.10. The fourth-order valence-corrected chi connectivity index (χ4v) is 1.36. The van der Waals surface area contributed by atoms with E-state index in [1.54, 1.807) is 0 Å². The second-order valence-electron chi connectivity index (χ2n) is 3.90. The van der Waals surface area contributed by atoms with Crippen LogP contribution < -0.4 is 5.32 Å². The average molecular weight is 169 g/mol. The first-order valence-corrected chi connectivity index (χ1v) is 4.34. The van der Waals surface area contributed by atoms with Gasteiger partial charge in [-0.1, -0.05) is 19.8 Å². The summed E-state index contributed by atoms with van der Waals surface area (Å²) in [6.07, 6.45) is 5.86. The van der Waals surface area contributed by atoms with Crippen molar-refractivity contribution in [2.45, 2.75) is 32.8 Å². The third-order valence-electron chi connectivity index (χ3n) is 1.58. The number of aliphatic hydroxyl groups is 1. The molecule has 0 heterocycles. The van der Waals surface area contributed by atoms with Gasteiger partial charge < -0.3 is 10.4 Å². The first kappa shape index (κ1) is 11.5. The molecule has 2 heteroatoms. The maximum Gasteiger partial charge on any atom is 0.0746 e. The van der Waals surface area contributed by atoms with Crippen molar-refractivity contribution in [3.63, 3.8) is 0 Å². The Labute approximate surface area is 75.4 Å². The molecule has 0 aromatic rings. The Kier molecular flexibility index (Phi) is 4.96. The van der Waals surface area contributed by atoms with Crippen molar-refractivity contribution in [2.75, 3.05) is 13.1 Å². The first-order valence-electron chi connectivity index (χ1n) is 4.34. The molecule has 0 spiro atoms. The lowest BCUT2D eigenvalue weighted by Crippen LogP contribution is -2.39. The van der Waals surface area contributed by atoms with Crippen LogP contribution in [0.5, 0.6) is 0 Å². The topological polar surface area (TPSA) is 32.3 Å². The molecule has 0 amide bonds. The van der Waals surface area contributed by atoms with Crippen LogP contribution in [-0.2, 0) is 0 Å². The third kappa shape index (κ3) is 6.21. The minimum Gasteiger partial charge on any atom is -0.389 e. The summed E-state index contributed by atoms with van der Waals surface area (Å²) in [5.41, 5.74) is -0.634. The highest BCUT2D eigenvalue weighted by atomic mass is 16.3. The molecule has 0 aromatic carbocycles. The van der Waals surface area contributed by atoms with Crippen molar-refractivity contribution in [2.24, 2.45) is 5.92 Å². The van der Waals surface area contributed by atoms with E-state index in [1.165, 1.54) is 0 Å². The molecular weight excluding hydrogens is 150 g/mol. The maximum absolute atomic E-state index is 9.78. The van der Waals surface area contributed by atoms with Crippen LogP contribution in [0.4, 0.5) is 0 Å². The normalized spacial score (nSPS) is 15.7. The Morgan fingerprint density at radius 3 is 2.58 bits per heavy atom. The highest BCUT2D eigenvalue weighted by Crippen LogP contribution is 2.14. The lowest BCUT2D eigenvalue weighted by Gasteiger charge is -2.25. The third-order valence-corrected chi connectivity index (χ3v) is 1.58. The Balaban J connectivity index is 3.65. The van der Waals surface area contributed by atoms with E-state index < -0.39 is 5.60 Å². The number of hydrogen-bond donors (Lipinski definition) is 2. The van der Waals surface area contributed by atoms with Gasteiger partial charge in [0.05, 0.1) is 12.1 Å². The van der Waals surface area contributed by atoms with Gasteiger partial charge in [0.15, 0.2) is 0 Å². The van der Waals surface area contributed by atoms with Crippen LogP contribution in [0.1, 0.15) is 27.2 Å². The van der Waals surface area contributed by atoms with Gasteiger partial charge in [-0.05, 0) is 19.3 Å². The van der Waals surface area contributed by atoms with E-state index in [4.69, 9.17) is 6.42 Å². The molecule has 0 aliphatic rings. The molecule has 2 N–H and O–H groups in total. The van der Waals surface area contributed by atoms with Crippen LogP contribution in [0.25, 0.3) is 0 Å². The summed E-state index contributed by atoms with van der Waals surface area (Å²) in [7, 11) is 0. The van der Waals surface area contributed by atoms with E-state index in [1.807, 2.05) is 6.92 Å². The Morgan fingerprint density at radius 1 is 1.58 bits per heavy atom. The Bertz CT molecular complexity index is 156. The molecule has 12 heavy (non-hydrogen) atoms. The summed E-state index contributed by atoms with van der Waals surface area (Å²) < 4.78 is 0. The molecule has 1 atom stereocenters. The van der Waals surface area contributed by atoms with Crippen LogP contribution in [-0.4, -0.2) is 23.8 Å². The molecule has 0 aromatic heterocycles. The van der Waals surface area contributed by atoms with Gasteiger partial charge in [-0.3, -0.25) is 0 Å². The van der Waals surface area contributed by atoms with Crippen LogP contribution in [0, 0.1) is 18.3 Å². The van der Waals surface area contributed by atoms with E-state index >= 15 is 0 Å². The molecule has 0 saturated carbocycles. The smallest absolute Gasteiger partial charge is 0.0746 e. The Morgan fingerprint density at radius 2 is 2.17 bits per heavy atom. The largest absolute Gasteiger partial charge is 0.389 e. The second kappa shape index (κ2) is 5.18. The van der Waals surface area contributed by atoms with E-state index in [2.05, 4.69) is 25.1 Å². The minimum absolute atomic E-state index is 0.507. The quantitative estimate of drug-likeness (QED) is 0.475. The summed E-state index contributed by atoms with van der Waals surface area (Å²) >= 11 is 0. The molecule has 1 unspecified atom stereocenters. The van der Waals surface area contributed by atoms with Crippen molar-refractivity contribution in [1.82, 2.24) is 5.32 Å². The molecule has 0 aliphatic heterocycles. The zero-order chi connectivity index (χ0) is 9.61. The number of hydrogen-bond acceptors (Lipinski definition) is 2. The zero-order valence-corrected chi connectivity index (χ0v) is 8.22. The Hall–Kier alpha value is -0.520. The highest BCUT2D eigenvalue weighted by molar-refractivity contribution is 4.88. The summed E-state index contributed by atoms with van der Waals surface area (Å²) in [6, 6.07) is 0. The van der Waals surface area contributed by atoms with Crippen LogP contribution in [0.3, 0.4) is 0 Å². The summed E-state index contributed by atoms with van der Waals surface area (Å²) in [4.78, 5) is 0. The molecule has 0 radical (unpaired) electrons. The fraction of sp³-hybridized carbons (Fsp3) is 0.800. The first-order chi connectivity index (χ1) is 5.48. The van der Waals surface area contributed by atoms with Crippen molar-refractivity contribution < 1.29 is 5.11 Å². The number of nitrogens with one attached hydrogen (secondary N) is 1. The lowest BCUT2D eigenvalue weighted by atomic mass is 9.94. The monoisotopic (exact) mass is 169 g/mol. The minimum atomic E-state index is -0.634. The van der Waals surface area contributed by atoms with Crippen molar-refractivity contribution in [3.8, 4) is 12.3 Å². The molecule has 0 saturated heterocycles. The SMILES string of the molecule is C#CCNCC(C)(O)CC(C)C. The molecule has 0 aliphatic carbocycles. The second-order valence-corrected chi connectivity index (χ2v) is 3.90. The predicted molar refractivity (Wildman–Crippen MR) is 51.8 cm³/mol. The van der Waals surface area contributed by atoms with Gasteiger partial charge in [0.25, 0.3) is 0 Å². The van der Waals surface area contributed by atoms with Gasteiger partial charge in [0, 0.05) is 6.54 Å². The number of rotatable bonds is 5. The van der Waals surface area contributed by atoms with E-state index in [-0.39, 0.29) is 0 Å². The van der Waals surface area contributed by atoms with Crippen LogP contribution in [0.15, 0.2) is 0 Å². The van der Waals surface area contributed by atoms with Gasteiger partial charge in [0.2, 0.25) is 0 Å². The van der Waals surface area contributed by atoms with E-state index in [0.717, 1.165) is 6.42 Å². The zero-order valence-electron chi connectivity index (χ0n) is 8.22. The molecule has 0 fully saturated rings. The highest BCUT2D eigenvalue weighted by Gasteiger charge is 2.20. The van der Waals surface area contributed by atoms with E-state index in [0.29, 0.717) is 19.0 Å². The predicted octanol–water partition coefficient (Wildman–Crippen LogP) is 1.01. The molecule has 2 nitrogen and oxygen atoms in total. The van der Waals surface area contributed by atoms with Gasteiger partial charge in [0.1, 0.15) is 0 Å². The van der Waals surface area contributed by atoms with Gasteiger partial charge >= 0.3 is 0 Å². The number of terminal acetylenes is 1. The average Bonchev–Trinajstić information content (AvgIpc) is 1.84. The molecule has 0 bridgehead atoms. The summed E-state index contributed by atoms with van der Waals surface area (Å²) in [5.74, 6) is 2.98. The molecule has 0 rings (SSSR count). The van der Waals surface area contributed by atoms with Crippen molar-refractivity contribution in [3.05, 3.63) is 0 Å². The standard InChI is InChI=1S/C10H19NO/c1-5-6-11-8-10(4,12)7-9(2)3/h1,9,11-12H,6-8H2,2-4H3. The van der Waals surface area contributed by atoms with Crippen LogP contribution in [0.2, 0.25) is 0 Å². The lowest BCUT2D eigenvalue weighted by molar-refractivity contribution is 0.0397. The van der Waals surface area contributed by atoms with Gasteiger partial charge in [-0.15, -0.1) is 6.42 Å². The molecule has 70 valence electrons. The molecular formula is C10H19NO. The van der Waals surface area contributed by atoms with Gasteiger partial charge in [-0.25, -0.2) is 0 Å². The van der Waals surface area contributed by atoms with Crippen LogP contribution >= 0.6 is 0 Å². The van der Waals surface area contributed by atoms with E-state index in [9.17, 15) is 5.11 Å².